The Morgan fingerprint density at radius 1 is 0.568 bits per heavy atom. The van der Waals surface area contributed by atoms with Gasteiger partial charge < -0.3 is 20.6 Å². The molecule has 0 fully saturated rings. The van der Waals surface area contributed by atoms with E-state index in [4.69, 9.17) is 0 Å². The van der Waals surface area contributed by atoms with Crippen molar-refractivity contribution >= 4 is 5.91 Å². The van der Waals surface area contributed by atoms with E-state index in [1.54, 1.807) is 6.08 Å². The van der Waals surface area contributed by atoms with E-state index in [-0.39, 0.29) is 18.9 Å². The molecule has 0 aromatic carbocycles. The molecular formula is C39H75NO4. The van der Waals surface area contributed by atoms with Crippen molar-refractivity contribution in [1.29, 1.82) is 0 Å². The third kappa shape index (κ3) is 30.8. The lowest BCUT2D eigenvalue weighted by molar-refractivity contribution is -0.124. The van der Waals surface area contributed by atoms with Crippen LogP contribution in [0.5, 0.6) is 0 Å². The van der Waals surface area contributed by atoms with Crippen LogP contribution in [0.1, 0.15) is 194 Å². The zero-order valence-corrected chi connectivity index (χ0v) is 29.3. The van der Waals surface area contributed by atoms with E-state index >= 15 is 0 Å². The predicted octanol–water partition coefficient (Wildman–Crippen LogP) is 10.3. The first-order chi connectivity index (χ1) is 21.5. The molecule has 0 aromatic rings. The van der Waals surface area contributed by atoms with Gasteiger partial charge in [-0.1, -0.05) is 179 Å². The SMILES string of the molecule is CCCCCCCCC/C=C/CC/C=C/C(O)C(CO)NC(=O)CC(O)CCCCCCCCCCCCCCCCCC. The lowest BCUT2D eigenvalue weighted by Gasteiger charge is -2.21. The number of unbranched alkanes of at least 4 members (excludes halogenated alkanes) is 23. The molecule has 260 valence electrons. The molecule has 0 radical (unpaired) electrons. The number of carbonyl (C=O) groups excluding carboxylic acids is 1. The van der Waals surface area contributed by atoms with E-state index < -0.39 is 18.2 Å². The van der Waals surface area contributed by atoms with E-state index in [2.05, 4.69) is 31.3 Å². The molecule has 0 aromatic heterocycles. The third-order valence-corrected chi connectivity index (χ3v) is 8.74. The van der Waals surface area contributed by atoms with Gasteiger partial charge in [-0.15, -0.1) is 0 Å². The summed E-state index contributed by atoms with van der Waals surface area (Å²) in [5, 5.41) is 33.0. The Morgan fingerprint density at radius 3 is 1.45 bits per heavy atom. The van der Waals surface area contributed by atoms with E-state index in [1.807, 2.05) is 6.08 Å². The molecule has 0 aliphatic heterocycles. The number of aliphatic hydroxyl groups is 3. The summed E-state index contributed by atoms with van der Waals surface area (Å²) in [5.41, 5.74) is 0. The maximum Gasteiger partial charge on any atom is 0.222 e. The average Bonchev–Trinajstić information content (AvgIpc) is 3.01. The maximum atomic E-state index is 12.4. The first-order valence-electron chi connectivity index (χ1n) is 19.1. The van der Waals surface area contributed by atoms with Gasteiger partial charge in [-0.05, 0) is 32.1 Å². The van der Waals surface area contributed by atoms with Crippen molar-refractivity contribution in [1.82, 2.24) is 5.32 Å². The van der Waals surface area contributed by atoms with Gasteiger partial charge in [0.15, 0.2) is 0 Å². The van der Waals surface area contributed by atoms with Crippen LogP contribution in [-0.4, -0.2) is 46.1 Å². The van der Waals surface area contributed by atoms with Crippen LogP contribution in [0.2, 0.25) is 0 Å². The molecule has 3 unspecified atom stereocenters. The third-order valence-electron chi connectivity index (χ3n) is 8.74. The minimum Gasteiger partial charge on any atom is -0.394 e. The molecule has 44 heavy (non-hydrogen) atoms. The number of allylic oxidation sites excluding steroid dienone is 3. The van der Waals surface area contributed by atoms with Crippen LogP contribution < -0.4 is 5.32 Å². The Morgan fingerprint density at radius 2 is 0.977 bits per heavy atom. The molecule has 5 nitrogen and oxygen atoms in total. The van der Waals surface area contributed by atoms with E-state index in [0.29, 0.717) is 6.42 Å². The number of rotatable bonds is 34. The monoisotopic (exact) mass is 622 g/mol. The van der Waals surface area contributed by atoms with Crippen molar-refractivity contribution in [2.75, 3.05) is 6.61 Å². The molecule has 1 amide bonds. The Labute approximate surface area is 273 Å². The van der Waals surface area contributed by atoms with Crippen LogP contribution in [0.15, 0.2) is 24.3 Å². The minimum atomic E-state index is -0.946. The standard InChI is InChI=1S/C39H75NO4/c1-3-5-7-9-11-13-15-17-18-19-21-22-24-26-28-30-32-36(42)34-39(44)40-37(35-41)38(43)33-31-29-27-25-23-20-16-14-12-10-8-6-4-2/h23,25,31,33,36-38,41-43H,3-22,24,26-30,32,34-35H2,1-2H3,(H,40,44)/b25-23+,33-31+. The van der Waals surface area contributed by atoms with Gasteiger partial charge in [-0.3, -0.25) is 4.79 Å². The van der Waals surface area contributed by atoms with Crippen molar-refractivity contribution in [3.63, 3.8) is 0 Å². The Hall–Kier alpha value is -1.17. The highest BCUT2D eigenvalue weighted by atomic mass is 16.3. The largest absolute Gasteiger partial charge is 0.394 e. The summed E-state index contributed by atoms with van der Waals surface area (Å²) in [4.78, 5) is 12.4. The zero-order valence-electron chi connectivity index (χ0n) is 29.3. The van der Waals surface area contributed by atoms with Gasteiger partial charge in [-0.25, -0.2) is 0 Å². The summed E-state index contributed by atoms with van der Waals surface area (Å²) >= 11 is 0. The van der Waals surface area contributed by atoms with Crippen LogP contribution in [0, 0.1) is 0 Å². The van der Waals surface area contributed by atoms with Crippen molar-refractivity contribution < 1.29 is 20.1 Å². The molecule has 0 rings (SSSR count). The number of carbonyl (C=O) groups is 1. The summed E-state index contributed by atoms with van der Waals surface area (Å²) in [7, 11) is 0. The van der Waals surface area contributed by atoms with Gasteiger partial charge in [0.05, 0.1) is 31.3 Å². The molecule has 0 saturated carbocycles. The van der Waals surface area contributed by atoms with Gasteiger partial charge in [-0.2, -0.15) is 0 Å². The first-order valence-corrected chi connectivity index (χ1v) is 19.1. The Kier molecular flexibility index (Phi) is 33.8. The number of aliphatic hydroxyl groups excluding tert-OH is 3. The predicted molar refractivity (Wildman–Crippen MR) is 190 cm³/mol. The Bertz CT molecular complexity index is 650. The molecule has 0 aliphatic carbocycles. The minimum absolute atomic E-state index is 0.00914. The van der Waals surface area contributed by atoms with Gasteiger partial charge >= 0.3 is 0 Å². The molecule has 0 bridgehead atoms. The molecular weight excluding hydrogens is 546 g/mol. The highest BCUT2D eigenvalue weighted by molar-refractivity contribution is 5.76. The average molecular weight is 622 g/mol. The summed E-state index contributed by atoms with van der Waals surface area (Å²) in [6.07, 6.45) is 40.2. The zero-order chi connectivity index (χ0) is 32.4. The quantitative estimate of drug-likeness (QED) is 0.0425. The Balaban J connectivity index is 3.74. The second kappa shape index (κ2) is 34.7. The maximum absolute atomic E-state index is 12.4. The fourth-order valence-electron chi connectivity index (χ4n) is 5.77. The number of hydrogen-bond acceptors (Lipinski definition) is 4. The van der Waals surface area contributed by atoms with Crippen molar-refractivity contribution in [3.05, 3.63) is 24.3 Å². The summed E-state index contributed by atoms with van der Waals surface area (Å²) in [6.45, 7) is 4.18. The van der Waals surface area contributed by atoms with Crippen LogP contribution in [0.4, 0.5) is 0 Å². The summed E-state index contributed by atoms with van der Waals surface area (Å²) in [6, 6.07) is -0.755. The molecule has 5 heteroatoms. The van der Waals surface area contributed by atoms with Gasteiger partial charge in [0.25, 0.3) is 0 Å². The molecule has 3 atom stereocenters. The van der Waals surface area contributed by atoms with Crippen LogP contribution in [0.3, 0.4) is 0 Å². The topological polar surface area (TPSA) is 89.8 Å². The fraction of sp³-hybridized carbons (Fsp3) is 0.872. The highest BCUT2D eigenvalue weighted by Gasteiger charge is 2.20. The molecule has 0 aliphatic rings. The lowest BCUT2D eigenvalue weighted by atomic mass is 10.0. The van der Waals surface area contributed by atoms with Crippen molar-refractivity contribution in [2.24, 2.45) is 0 Å². The van der Waals surface area contributed by atoms with Gasteiger partial charge in [0.1, 0.15) is 0 Å². The highest BCUT2D eigenvalue weighted by Crippen LogP contribution is 2.15. The number of nitrogens with one attached hydrogen (secondary N) is 1. The normalized spacial score (nSPS) is 14.0. The fourth-order valence-corrected chi connectivity index (χ4v) is 5.77. The molecule has 4 N–H and O–H groups in total. The van der Waals surface area contributed by atoms with E-state index in [1.165, 1.54) is 135 Å². The van der Waals surface area contributed by atoms with Crippen LogP contribution in [0.25, 0.3) is 0 Å². The lowest BCUT2D eigenvalue weighted by Crippen LogP contribution is -2.45. The number of amides is 1. The smallest absolute Gasteiger partial charge is 0.222 e. The first kappa shape index (κ1) is 42.8. The van der Waals surface area contributed by atoms with Crippen LogP contribution >= 0.6 is 0 Å². The molecule has 0 spiro atoms. The molecule has 0 heterocycles. The number of hydrogen-bond donors (Lipinski definition) is 4. The van der Waals surface area contributed by atoms with Crippen molar-refractivity contribution in [3.8, 4) is 0 Å². The molecule has 0 saturated heterocycles. The van der Waals surface area contributed by atoms with Gasteiger partial charge in [0, 0.05) is 0 Å². The van der Waals surface area contributed by atoms with E-state index in [0.717, 1.165) is 32.1 Å². The van der Waals surface area contributed by atoms with Crippen molar-refractivity contribution in [2.45, 2.75) is 212 Å². The van der Waals surface area contributed by atoms with E-state index in [9.17, 15) is 20.1 Å². The van der Waals surface area contributed by atoms with Gasteiger partial charge in [0.2, 0.25) is 5.91 Å². The second-order valence-corrected chi connectivity index (χ2v) is 13.2. The van der Waals surface area contributed by atoms with Crippen LogP contribution in [-0.2, 0) is 4.79 Å². The summed E-state index contributed by atoms with van der Waals surface area (Å²) < 4.78 is 0. The summed E-state index contributed by atoms with van der Waals surface area (Å²) in [5.74, 6) is -0.325. The second-order valence-electron chi connectivity index (χ2n) is 13.2.